The minimum atomic E-state index is -4.83. The summed E-state index contributed by atoms with van der Waals surface area (Å²) in [5, 5.41) is 3.15. The topological polar surface area (TPSA) is 71.1 Å². The van der Waals surface area contributed by atoms with Gasteiger partial charge in [0.15, 0.2) is 0 Å². The molecule has 1 aromatic heterocycles. The Hall–Kier alpha value is -2.49. The number of nitrogens with zero attached hydrogens (tertiary/aromatic N) is 1. The van der Waals surface area contributed by atoms with Gasteiger partial charge >= 0.3 is 6.18 Å². The van der Waals surface area contributed by atoms with Gasteiger partial charge < -0.3 is 5.32 Å². The van der Waals surface area contributed by atoms with E-state index in [9.17, 15) is 21.6 Å². The summed E-state index contributed by atoms with van der Waals surface area (Å²) in [6.07, 6.45) is -1.59. The van der Waals surface area contributed by atoms with Crippen molar-refractivity contribution in [1.29, 1.82) is 0 Å². The quantitative estimate of drug-likeness (QED) is 0.527. The lowest BCUT2D eigenvalue weighted by atomic mass is 10.1. The van der Waals surface area contributed by atoms with Crippen molar-refractivity contribution in [2.75, 3.05) is 13.1 Å². The molecule has 0 aliphatic rings. The molecule has 0 radical (unpaired) electrons. The predicted molar refractivity (Wildman–Crippen MR) is 110 cm³/mol. The number of sulfonamides is 1. The molecule has 0 spiro atoms. The second-order valence-corrected chi connectivity index (χ2v) is 8.68. The van der Waals surface area contributed by atoms with Crippen LogP contribution in [0.2, 0.25) is 0 Å². The molecule has 2 N–H and O–H groups in total. The number of hydrogen-bond acceptors (Lipinski definition) is 4. The van der Waals surface area contributed by atoms with E-state index >= 15 is 0 Å². The zero-order chi connectivity index (χ0) is 21.8. The molecule has 0 amide bonds. The number of pyridine rings is 1. The number of rotatable bonds is 8. The van der Waals surface area contributed by atoms with Crippen molar-refractivity contribution in [3.63, 3.8) is 0 Å². The molecule has 5 nitrogen and oxygen atoms in total. The molecule has 30 heavy (non-hydrogen) atoms. The minimum absolute atomic E-state index is 0.200. The Morgan fingerprint density at radius 2 is 1.80 bits per heavy atom. The molecule has 0 fully saturated rings. The number of benzene rings is 2. The standard InChI is InChI=1S/C21H22F3N3O2S/c1-15(13-25-11-9-16-5-3-2-4-6-16)27-30(28,29)19-8-7-17-14-26-12-10-18(17)20(19)21(22,23)24/h2-8,10,12,14-15,25,27H,9,11,13H2,1H3. The Bertz CT molecular complexity index is 1100. The monoisotopic (exact) mass is 437 g/mol. The normalized spacial score (nSPS) is 13.5. The van der Waals surface area contributed by atoms with Crippen molar-refractivity contribution in [2.24, 2.45) is 0 Å². The molecule has 3 aromatic rings. The van der Waals surface area contributed by atoms with Gasteiger partial charge in [-0.2, -0.15) is 13.2 Å². The van der Waals surface area contributed by atoms with E-state index in [0.717, 1.165) is 18.1 Å². The highest BCUT2D eigenvalue weighted by atomic mass is 32.2. The Morgan fingerprint density at radius 3 is 2.50 bits per heavy atom. The Kier molecular flexibility index (Phi) is 6.74. The van der Waals surface area contributed by atoms with Gasteiger partial charge in [0.2, 0.25) is 10.0 Å². The maximum atomic E-state index is 13.7. The van der Waals surface area contributed by atoms with Crippen molar-refractivity contribution >= 4 is 20.8 Å². The van der Waals surface area contributed by atoms with Gasteiger partial charge in [-0.05, 0) is 43.0 Å². The lowest BCUT2D eigenvalue weighted by molar-refractivity contribution is -0.138. The number of alkyl halides is 3. The number of aromatic nitrogens is 1. The van der Waals surface area contributed by atoms with Gasteiger partial charge in [-0.1, -0.05) is 36.4 Å². The molecule has 0 bridgehead atoms. The van der Waals surface area contributed by atoms with E-state index in [1.165, 1.54) is 24.5 Å². The van der Waals surface area contributed by atoms with Crippen LogP contribution < -0.4 is 10.0 Å². The van der Waals surface area contributed by atoms with Crippen molar-refractivity contribution in [1.82, 2.24) is 15.0 Å². The van der Waals surface area contributed by atoms with Crippen LogP contribution in [0.5, 0.6) is 0 Å². The first-order valence-electron chi connectivity index (χ1n) is 9.39. The second kappa shape index (κ2) is 9.11. The van der Waals surface area contributed by atoms with Crippen molar-refractivity contribution in [3.05, 3.63) is 72.1 Å². The molecule has 0 aliphatic heterocycles. The van der Waals surface area contributed by atoms with Crippen LogP contribution in [0.15, 0.2) is 65.8 Å². The molecule has 2 aromatic carbocycles. The smallest absolute Gasteiger partial charge is 0.315 e. The van der Waals surface area contributed by atoms with Gasteiger partial charge in [-0.3, -0.25) is 4.98 Å². The molecule has 1 heterocycles. The fourth-order valence-electron chi connectivity index (χ4n) is 3.23. The molecule has 3 rings (SSSR count). The van der Waals surface area contributed by atoms with Gasteiger partial charge in [0.25, 0.3) is 0 Å². The summed E-state index contributed by atoms with van der Waals surface area (Å²) in [6, 6.07) is 12.6. The minimum Gasteiger partial charge on any atom is -0.315 e. The number of fused-ring (bicyclic) bond motifs is 1. The van der Waals surface area contributed by atoms with E-state index in [1.54, 1.807) is 6.92 Å². The average molecular weight is 437 g/mol. The fraction of sp³-hybridized carbons (Fsp3) is 0.286. The van der Waals surface area contributed by atoms with Gasteiger partial charge in [0.05, 0.1) is 10.5 Å². The third-order valence-electron chi connectivity index (χ3n) is 4.60. The van der Waals surface area contributed by atoms with E-state index in [-0.39, 0.29) is 17.3 Å². The first kappa shape index (κ1) is 22.2. The highest BCUT2D eigenvalue weighted by molar-refractivity contribution is 7.89. The van der Waals surface area contributed by atoms with E-state index in [2.05, 4.69) is 15.0 Å². The maximum absolute atomic E-state index is 13.7. The van der Waals surface area contributed by atoms with Crippen LogP contribution >= 0.6 is 0 Å². The highest BCUT2D eigenvalue weighted by Gasteiger charge is 2.39. The molecule has 1 unspecified atom stereocenters. The van der Waals surface area contributed by atoms with Crippen LogP contribution in [-0.4, -0.2) is 32.5 Å². The van der Waals surface area contributed by atoms with Crippen LogP contribution in [0.1, 0.15) is 18.1 Å². The maximum Gasteiger partial charge on any atom is 0.418 e. The summed E-state index contributed by atoms with van der Waals surface area (Å²) in [4.78, 5) is 3.01. The summed E-state index contributed by atoms with van der Waals surface area (Å²) in [5.41, 5.74) is -0.0437. The molecule has 1 atom stereocenters. The summed E-state index contributed by atoms with van der Waals surface area (Å²) in [6.45, 7) is 2.50. The van der Waals surface area contributed by atoms with E-state index in [0.29, 0.717) is 6.54 Å². The summed E-state index contributed by atoms with van der Waals surface area (Å²) < 4.78 is 69.0. The molecule has 0 saturated heterocycles. The summed E-state index contributed by atoms with van der Waals surface area (Å²) in [5.74, 6) is 0. The number of nitrogens with one attached hydrogen (secondary N) is 2. The van der Waals surface area contributed by atoms with E-state index < -0.39 is 32.7 Å². The van der Waals surface area contributed by atoms with Crippen molar-refractivity contribution < 1.29 is 21.6 Å². The Morgan fingerprint density at radius 1 is 1.07 bits per heavy atom. The summed E-state index contributed by atoms with van der Waals surface area (Å²) >= 11 is 0. The Labute approximate surface area is 173 Å². The van der Waals surface area contributed by atoms with Gasteiger partial charge in [0.1, 0.15) is 0 Å². The SMILES string of the molecule is CC(CNCCc1ccccc1)NS(=O)(=O)c1ccc2cnccc2c1C(F)(F)F. The van der Waals surface area contributed by atoms with Crippen LogP contribution in [0.4, 0.5) is 13.2 Å². The zero-order valence-electron chi connectivity index (χ0n) is 16.3. The van der Waals surface area contributed by atoms with Gasteiger partial charge in [0, 0.05) is 30.4 Å². The molecule has 9 heteroatoms. The second-order valence-electron chi connectivity index (χ2n) is 7.00. The van der Waals surface area contributed by atoms with Gasteiger partial charge in [-0.15, -0.1) is 0 Å². The predicted octanol–water partition coefficient (Wildman–Crippen LogP) is 3.75. The molecular weight excluding hydrogens is 415 g/mol. The first-order valence-corrected chi connectivity index (χ1v) is 10.9. The Balaban J connectivity index is 1.73. The number of halogens is 3. The molecule has 0 saturated carbocycles. The van der Waals surface area contributed by atoms with E-state index in [1.807, 2.05) is 30.3 Å². The van der Waals surface area contributed by atoms with E-state index in [4.69, 9.17) is 0 Å². The van der Waals surface area contributed by atoms with Crippen molar-refractivity contribution in [2.45, 2.75) is 30.5 Å². The average Bonchev–Trinajstić information content (AvgIpc) is 2.70. The largest absolute Gasteiger partial charge is 0.418 e. The third kappa shape index (κ3) is 5.35. The summed E-state index contributed by atoms with van der Waals surface area (Å²) in [7, 11) is -4.38. The van der Waals surface area contributed by atoms with Crippen LogP contribution in [-0.2, 0) is 22.6 Å². The zero-order valence-corrected chi connectivity index (χ0v) is 17.1. The van der Waals surface area contributed by atoms with Crippen molar-refractivity contribution in [3.8, 4) is 0 Å². The highest BCUT2D eigenvalue weighted by Crippen LogP contribution is 2.39. The first-order chi connectivity index (χ1) is 14.2. The lowest BCUT2D eigenvalue weighted by Gasteiger charge is -2.19. The molecular formula is C21H22F3N3O2S. The third-order valence-corrected chi connectivity index (χ3v) is 6.23. The van der Waals surface area contributed by atoms with Crippen LogP contribution in [0.3, 0.4) is 0 Å². The number of hydrogen-bond donors (Lipinski definition) is 2. The molecule has 0 aliphatic carbocycles. The lowest BCUT2D eigenvalue weighted by Crippen LogP contribution is -2.41. The fourth-order valence-corrected chi connectivity index (χ4v) is 4.71. The van der Waals surface area contributed by atoms with Crippen LogP contribution in [0.25, 0.3) is 10.8 Å². The van der Waals surface area contributed by atoms with Gasteiger partial charge in [-0.25, -0.2) is 13.1 Å². The van der Waals surface area contributed by atoms with Crippen LogP contribution in [0, 0.1) is 0 Å². The molecule has 160 valence electrons.